The van der Waals surface area contributed by atoms with Crippen molar-refractivity contribution < 1.29 is 17.9 Å². The van der Waals surface area contributed by atoms with E-state index in [-0.39, 0.29) is 11.0 Å². The number of alkyl halides is 3. The van der Waals surface area contributed by atoms with Crippen LogP contribution in [0.15, 0.2) is 30.5 Å². The van der Waals surface area contributed by atoms with Gasteiger partial charge < -0.3 is 9.64 Å². The van der Waals surface area contributed by atoms with E-state index in [0.717, 1.165) is 45.0 Å². The molecule has 11 heteroatoms. The smallest absolute Gasteiger partial charge is 0.379 e. The average Bonchev–Trinajstić information content (AvgIpc) is 3.11. The molecule has 1 atom stereocenters. The Morgan fingerprint density at radius 1 is 1.19 bits per heavy atom. The van der Waals surface area contributed by atoms with Crippen LogP contribution in [0.25, 0.3) is 16.7 Å². The lowest BCUT2D eigenvalue weighted by molar-refractivity contribution is -0.137. The number of benzene rings is 1. The molecule has 0 radical (unpaired) electrons. The minimum atomic E-state index is -4.44. The van der Waals surface area contributed by atoms with E-state index in [0.29, 0.717) is 28.9 Å². The first-order chi connectivity index (χ1) is 14.8. The third kappa shape index (κ3) is 3.72. The minimum Gasteiger partial charge on any atom is -0.379 e. The largest absolute Gasteiger partial charge is 0.416 e. The molecular weight excluding hydrogens is 433 g/mol. The Hall–Kier alpha value is -2.43. The first-order valence-corrected chi connectivity index (χ1v) is 10.4. The van der Waals surface area contributed by atoms with Crippen molar-refractivity contribution in [2.45, 2.75) is 25.2 Å². The van der Waals surface area contributed by atoms with Crippen LogP contribution in [0.5, 0.6) is 0 Å². The maximum atomic E-state index is 13.1. The number of rotatable bonds is 3. The lowest BCUT2D eigenvalue weighted by Gasteiger charge is -2.49. The van der Waals surface area contributed by atoms with E-state index in [4.69, 9.17) is 16.3 Å². The topological polar surface area (TPSA) is 59.3 Å². The van der Waals surface area contributed by atoms with Crippen LogP contribution < -0.4 is 4.90 Å². The van der Waals surface area contributed by atoms with Crippen LogP contribution in [0.2, 0.25) is 5.28 Å². The number of halogens is 4. The maximum Gasteiger partial charge on any atom is 0.416 e. The molecule has 2 fully saturated rings. The summed E-state index contributed by atoms with van der Waals surface area (Å²) in [5, 5.41) is 4.96. The van der Waals surface area contributed by atoms with Gasteiger partial charge in [0.05, 0.1) is 36.0 Å². The quantitative estimate of drug-likeness (QED) is 0.568. The minimum absolute atomic E-state index is 0.0272. The molecule has 0 aliphatic carbocycles. The van der Waals surface area contributed by atoms with Gasteiger partial charge in [-0.25, -0.2) is 4.68 Å². The monoisotopic (exact) mass is 452 g/mol. The predicted molar refractivity (Wildman–Crippen MR) is 110 cm³/mol. The Morgan fingerprint density at radius 2 is 2.00 bits per heavy atom. The number of hydrogen-bond donors (Lipinski definition) is 0. The highest BCUT2D eigenvalue weighted by Gasteiger charge is 2.37. The van der Waals surface area contributed by atoms with Crippen molar-refractivity contribution in [3.05, 3.63) is 41.3 Å². The zero-order chi connectivity index (χ0) is 21.8. The van der Waals surface area contributed by atoms with Gasteiger partial charge in [0.25, 0.3) is 0 Å². The molecule has 0 saturated carbocycles. The third-order valence-electron chi connectivity index (χ3n) is 5.85. The summed E-state index contributed by atoms with van der Waals surface area (Å²) in [4.78, 5) is 13.2. The first-order valence-electron chi connectivity index (χ1n) is 9.98. The molecule has 0 amide bonds. The summed E-state index contributed by atoms with van der Waals surface area (Å²) in [5.74, 6) is 0.644. The second-order valence-corrected chi connectivity index (χ2v) is 8.22. The molecule has 2 saturated heterocycles. The molecular formula is C20H20ClF3N6O. The molecule has 0 spiro atoms. The van der Waals surface area contributed by atoms with E-state index in [9.17, 15) is 13.2 Å². The Bertz CT molecular complexity index is 1110. The van der Waals surface area contributed by atoms with Gasteiger partial charge in [-0.15, -0.1) is 0 Å². The van der Waals surface area contributed by atoms with E-state index >= 15 is 0 Å². The number of nitrogens with zero attached hydrogens (tertiary/aromatic N) is 6. The molecule has 7 nitrogen and oxygen atoms in total. The molecule has 2 aliphatic heterocycles. The van der Waals surface area contributed by atoms with Gasteiger partial charge in [0, 0.05) is 31.7 Å². The SMILES string of the molecule is C[C@H]1COCCN1C1CN(c2nc(Cl)nc3c2cnn3-c2cccc(C(F)(F)F)c2)C1. The molecule has 0 unspecified atom stereocenters. The van der Waals surface area contributed by atoms with Crippen LogP contribution in [0.4, 0.5) is 19.0 Å². The fraction of sp³-hybridized carbons (Fsp3) is 0.450. The van der Waals surface area contributed by atoms with Gasteiger partial charge >= 0.3 is 6.18 Å². The van der Waals surface area contributed by atoms with Crippen LogP contribution in [0, 0.1) is 0 Å². The Balaban J connectivity index is 1.45. The second-order valence-electron chi connectivity index (χ2n) is 7.88. The molecule has 4 heterocycles. The molecule has 3 aromatic rings. The Labute approximate surface area is 181 Å². The number of ether oxygens (including phenoxy) is 1. The van der Waals surface area contributed by atoms with E-state index in [2.05, 4.69) is 31.8 Å². The van der Waals surface area contributed by atoms with E-state index in [1.807, 2.05) is 0 Å². The van der Waals surface area contributed by atoms with Crippen molar-refractivity contribution >= 4 is 28.5 Å². The van der Waals surface area contributed by atoms with Crippen molar-refractivity contribution in [2.24, 2.45) is 0 Å². The maximum absolute atomic E-state index is 13.1. The Morgan fingerprint density at radius 3 is 2.74 bits per heavy atom. The number of aromatic nitrogens is 4. The van der Waals surface area contributed by atoms with Gasteiger partial charge in [-0.05, 0) is 36.7 Å². The normalized spacial score (nSPS) is 20.9. The summed E-state index contributed by atoms with van der Waals surface area (Å²) >= 11 is 6.18. The van der Waals surface area contributed by atoms with E-state index in [1.165, 1.54) is 10.7 Å². The summed E-state index contributed by atoms with van der Waals surface area (Å²) in [6.07, 6.45) is -2.87. The van der Waals surface area contributed by atoms with Crippen LogP contribution in [0.1, 0.15) is 12.5 Å². The summed E-state index contributed by atoms with van der Waals surface area (Å²) < 4.78 is 46.3. The van der Waals surface area contributed by atoms with Gasteiger partial charge in [0.1, 0.15) is 5.82 Å². The molecule has 2 aromatic heterocycles. The van der Waals surface area contributed by atoms with E-state index < -0.39 is 11.7 Å². The van der Waals surface area contributed by atoms with Crippen LogP contribution >= 0.6 is 11.6 Å². The third-order valence-corrected chi connectivity index (χ3v) is 6.02. The number of fused-ring (bicyclic) bond motifs is 1. The van der Waals surface area contributed by atoms with Crippen molar-refractivity contribution in [1.29, 1.82) is 0 Å². The molecule has 164 valence electrons. The summed E-state index contributed by atoms with van der Waals surface area (Å²) in [6.45, 7) is 6.06. The molecule has 1 aromatic carbocycles. The fourth-order valence-electron chi connectivity index (χ4n) is 4.23. The molecule has 0 bridgehead atoms. The Kier molecular flexibility index (Phi) is 5.03. The highest BCUT2D eigenvalue weighted by Crippen LogP contribution is 2.33. The van der Waals surface area contributed by atoms with Crippen molar-refractivity contribution in [3.63, 3.8) is 0 Å². The second kappa shape index (κ2) is 7.61. The standard InChI is InChI=1S/C20H20ClF3N6O/c1-12-11-31-6-5-29(12)15-9-28(10-15)17-16-8-25-30(18(16)27-19(21)26-17)14-4-2-3-13(7-14)20(22,23)24/h2-4,7-8,12,15H,5-6,9-11H2,1H3/t12-/m0/s1. The number of anilines is 1. The van der Waals surface area contributed by atoms with Gasteiger partial charge in [0.15, 0.2) is 5.65 Å². The van der Waals surface area contributed by atoms with Gasteiger partial charge in [0.2, 0.25) is 5.28 Å². The van der Waals surface area contributed by atoms with E-state index in [1.54, 1.807) is 12.3 Å². The molecule has 5 rings (SSSR count). The zero-order valence-corrected chi connectivity index (χ0v) is 17.4. The first kappa shape index (κ1) is 20.5. The number of hydrogen-bond acceptors (Lipinski definition) is 6. The molecule has 2 aliphatic rings. The highest BCUT2D eigenvalue weighted by atomic mass is 35.5. The lowest BCUT2D eigenvalue weighted by Crippen LogP contribution is -2.64. The molecule has 0 N–H and O–H groups in total. The van der Waals surface area contributed by atoms with Crippen LogP contribution in [0.3, 0.4) is 0 Å². The van der Waals surface area contributed by atoms with Gasteiger partial charge in [-0.3, -0.25) is 4.90 Å². The number of morpholine rings is 1. The summed E-state index contributed by atoms with van der Waals surface area (Å²) in [7, 11) is 0. The average molecular weight is 453 g/mol. The van der Waals surface area contributed by atoms with Crippen LogP contribution in [-0.4, -0.2) is 69.6 Å². The van der Waals surface area contributed by atoms with Crippen LogP contribution in [-0.2, 0) is 10.9 Å². The van der Waals surface area contributed by atoms with Crippen molar-refractivity contribution in [3.8, 4) is 5.69 Å². The molecule has 31 heavy (non-hydrogen) atoms. The van der Waals surface area contributed by atoms with Crippen molar-refractivity contribution in [2.75, 3.05) is 37.7 Å². The van der Waals surface area contributed by atoms with Crippen molar-refractivity contribution in [1.82, 2.24) is 24.6 Å². The highest BCUT2D eigenvalue weighted by molar-refractivity contribution is 6.28. The zero-order valence-electron chi connectivity index (χ0n) is 16.7. The summed E-state index contributed by atoms with van der Waals surface area (Å²) in [5.41, 5.74) is -0.120. The summed E-state index contributed by atoms with van der Waals surface area (Å²) in [6, 6.07) is 5.71. The fourth-order valence-corrected chi connectivity index (χ4v) is 4.39. The van der Waals surface area contributed by atoms with Gasteiger partial charge in [-0.2, -0.15) is 28.2 Å². The van der Waals surface area contributed by atoms with Gasteiger partial charge in [-0.1, -0.05) is 6.07 Å². The lowest BCUT2D eigenvalue weighted by atomic mass is 10.0. The predicted octanol–water partition coefficient (Wildman–Crippen LogP) is 3.40.